The largest absolute Gasteiger partial charge is 0.493 e. The zero-order chi connectivity index (χ0) is 26.5. The van der Waals surface area contributed by atoms with E-state index >= 15 is 0 Å². The first-order chi connectivity index (χ1) is 17.1. The van der Waals surface area contributed by atoms with E-state index in [0.717, 1.165) is 9.87 Å². The predicted molar refractivity (Wildman–Crippen MR) is 142 cm³/mol. The van der Waals surface area contributed by atoms with E-state index in [-0.39, 0.29) is 4.90 Å². The third-order valence-corrected chi connectivity index (χ3v) is 7.48. The fourth-order valence-corrected chi connectivity index (χ4v) is 5.19. The number of hydrogen-bond donors (Lipinski definition) is 1. The molecule has 0 aliphatic carbocycles. The van der Waals surface area contributed by atoms with Gasteiger partial charge in [-0.15, -0.1) is 0 Å². The SMILES string of the molecule is COc1ccc(/C(C)=N\NC(=O)CN(c2ccc(Cl)cc2C)S(=O)(=O)c2ccc(C)cc2)cc1OC. The normalized spacial score (nSPS) is 11.7. The third kappa shape index (κ3) is 6.16. The molecule has 3 rings (SSSR count). The molecule has 0 aliphatic rings. The topological polar surface area (TPSA) is 97.3 Å². The summed E-state index contributed by atoms with van der Waals surface area (Å²) >= 11 is 6.08. The maximum Gasteiger partial charge on any atom is 0.264 e. The van der Waals surface area contributed by atoms with Crippen LogP contribution in [0.4, 0.5) is 5.69 Å². The number of halogens is 1. The van der Waals surface area contributed by atoms with Crippen molar-refractivity contribution in [1.82, 2.24) is 5.43 Å². The molecule has 0 bridgehead atoms. The molecule has 1 N–H and O–H groups in total. The predicted octanol–water partition coefficient (Wildman–Crippen LogP) is 4.71. The van der Waals surface area contributed by atoms with Gasteiger partial charge in [-0.1, -0.05) is 29.3 Å². The number of hydrogen-bond acceptors (Lipinski definition) is 6. The average molecular weight is 530 g/mol. The van der Waals surface area contributed by atoms with Crippen LogP contribution in [-0.4, -0.2) is 40.8 Å². The lowest BCUT2D eigenvalue weighted by Crippen LogP contribution is -2.40. The van der Waals surface area contributed by atoms with Gasteiger partial charge < -0.3 is 9.47 Å². The lowest BCUT2D eigenvalue weighted by molar-refractivity contribution is -0.119. The number of methoxy groups -OCH3 is 2. The number of ether oxygens (including phenoxy) is 2. The Morgan fingerprint density at radius 2 is 1.64 bits per heavy atom. The Morgan fingerprint density at radius 3 is 2.25 bits per heavy atom. The van der Waals surface area contributed by atoms with Gasteiger partial charge >= 0.3 is 0 Å². The number of sulfonamides is 1. The van der Waals surface area contributed by atoms with Crippen LogP contribution in [0.5, 0.6) is 11.5 Å². The molecular formula is C26H28ClN3O5S. The molecule has 3 aromatic carbocycles. The number of nitrogens with zero attached hydrogens (tertiary/aromatic N) is 2. The zero-order valence-electron chi connectivity index (χ0n) is 20.7. The van der Waals surface area contributed by atoms with Crippen LogP contribution in [0.3, 0.4) is 0 Å². The van der Waals surface area contributed by atoms with E-state index < -0.39 is 22.5 Å². The van der Waals surface area contributed by atoms with Crippen molar-refractivity contribution in [3.63, 3.8) is 0 Å². The molecule has 10 heteroatoms. The van der Waals surface area contributed by atoms with Crippen LogP contribution in [-0.2, 0) is 14.8 Å². The van der Waals surface area contributed by atoms with Gasteiger partial charge in [-0.05, 0) is 74.9 Å². The van der Waals surface area contributed by atoms with Crippen LogP contribution < -0.4 is 19.2 Å². The maximum absolute atomic E-state index is 13.6. The Kier molecular flexibility index (Phi) is 8.60. The molecule has 0 saturated carbocycles. The molecule has 0 unspecified atom stereocenters. The van der Waals surface area contributed by atoms with Crippen LogP contribution in [0.15, 0.2) is 70.7 Å². The summed E-state index contributed by atoms with van der Waals surface area (Å²) in [5.41, 5.74) is 5.52. The molecular weight excluding hydrogens is 502 g/mol. The summed E-state index contributed by atoms with van der Waals surface area (Å²) in [6.07, 6.45) is 0. The van der Waals surface area contributed by atoms with E-state index in [0.29, 0.717) is 39.0 Å². The van der Waals surface area contributed by atoms with Gasteiger partial charge in [0.15, 0.2) is 11.5 Å². The van der Waals surface area contributed by atoms with Gasteiger partial charge in [0.25, 0.3) is 15.9 Å². The minimum atomic E-state index is -4.06. The first-order valence-electron chi connectivity index (χ1n) is 11.0. The summed E-state index contributed by atoms with van der Waals surface area (Å²) in [4.78, 5) is 13.0. The van der Waals surface area contributed by atoms with Crippen molar-refractivity contribution in [2.24, 2.45) is 5.10 Å². The molecule has 0 fully saturated rings. The lowest BCUT2D eigenvalue weighted by atomic mass is 10.1. The Labute approximate surface area is 216 Å². The number of aryl methyl sites for hydroxylation is 2. The van der Waals surface area contributed by atoms with E-state index in [1.165, 1.54) is 26.4 Å². The van der Waals surface area contributed by atoms with Crippen LogP contribution in [0.25, 0.3) is 0 Å². The summed E-state index contributed by atoms with van der Waals surface area (Å²) in [7, 11) is -0.994. The Hall–Kier alpha value is -3.56. The Balaban J connectivity index is 1.90. The van der Waals surface area contributed by atoms with E-state index in [1.807, 2.05) is 6.92 Å². The van der Waals surface area contributed by atoms with Gasteiger partial charge in [-0.2, -0.15) is 5.10 Å². The molecule has 0 atom stereocenters. The van der Waals surface area contributed by atoms with Crippen molar-refractivity contribution in [3.8, 4) is 11.5 Å². The molecule has 0 aliphatic heterocycles. The number of benzene rings is 3. The first-order valence-corrected chi connectivity index (χ1v) is 12.8. The number of carbonyl (C=O) groups excluding carboxylic acids is 1. The third-order valence-electron chi connectivity index (χ3n) is 5.47. The molecule has 0 saturated heterocycles. The second-order valence-corrected chi connectivity index (χ2v) is 10.4. The lowest BCUT2D eigenvalue weighted by Gasteiger charge is -2.25. The number of rotatable bonds is 9. The van der Waals surface area contributed by atoms with Crippen LogP contribution in [0.1, 0.15) is 23.6 Å². The minimum absolute atomic E-state index is 0.0697. The summed E-state index contributed by atoms with van der Waals surface area (Å²) in [5, 5.41) is 4.61. The molecule has 0 aromatic heterocycles. The Morgan fingerprint density at radius 1 is 0.972 bits per heavy atom. The van der Waals surface area contributed by atoms with Gasteiger partial charge in [0.05, 0.1) is 30.5 Å². The van der Waals surface area contributed by atoms with E-state index in [1.54, 1.807) is 62.4 Å². The maximum atomic E-state index is 13.6. The van der Waals surface area contributed by atoms with Gasteiger partial charge in [-0.25, -0.2) is 13.8 Å². The fourth-order valence-electron chi connectivity index (χ4n) is 3.47. The second kappa shape index (κ2) is 11.5. The summed E-state index contributed by atoms with van der Waals surface area (Å²) < 4.78 is 38.7. The summed E-state index contributed by atoms with van der Waals surface area (Å²) in [6.45, 7) is 4.83. The molecule has 190 valence electrons. The summed E-state index contributed by atoms with van der Waals surface area (Å²) in [6, 6.07) is 16.5. The molecule has 0 radical (unpaired) electrons. The van der Waals surface area contributed by atoms with Crippen molar-refractivity contribution < 1.29 is 22.7 Å². The molecule has 8 nitrogen and oxygen atoms in total. The van der Waals surface area contributed by atoms with Gasteiger partial charge in [0.1, 0.15) is 6.54 Å². The quantitative estimate of drug-likeness (QED) is 0.320. The van der Waals surface area contributed by atoms with Crippen molar-refractivity contribution in [3.05, 3.63) is 82.4 Å². The first kappa shape index (κ1) is 27.0. The molecule has 0 heterocycles. The van der Waals surface area contributed by atoms with Crippen LogP contribution in [0.2, 0.25) is 5.02 Å². The number of hydrazone groups is 1. The Bertz CT molecular complexity index is 1390. The number of amides is 1. The molecule has 1 amide bonds. The van der Waals surface area contributed by atoms with Gasteiger partial charge in [0, 0.05) is 10.6 Å². The van der Waals surface area contributed by atoms with Crippen molar-refractivity contribution in [2.75, 3.05) is 25.1 Å². The van der Waals surface area contributed by atoms with Crippen LogP contribution in [0, 0.1) is 13.8 Å². The second-order valence-electron chi connectivity index (χ2n) is 8.06. The summed E-state index contributed by atoms with van der Waals surface area (Å²) in [5.74, 6) is 0.470. The molecule has 36 heavy (non-hydrogen) atoms. The van der Waals surface area contributed by atoms with E-state index in [4.69, 9.17) is 21.1 Å². The smallest absolute Gasteiger partial charge is 0.264 e. The van der Waals surface area contributed by atoms with E-state index in [9.17, 15) is 13.2 Å². The highest BCUT2D eigenvalue weighted by Gasteiger charge is 2.28. The zero-order valence-corrected chi connectivity index (χ0v) is 22.3. The van der Waals surface area contributed by atoms with Crippen molar-refractivity contribution in [1.29, 1.82) is 0 Å². The number of anilines is 1. The fraction of sp³-hybridized carbons (Fsp3) is 0.231. The minimum Gasteiger partial charge on any atom is -0.493 e. The van der Waals surface area contributed by atoms with Crippen LogP contribution >= 0.6 is 11.6 Å². The average Bonchev–Trinajstić information content (AvgIpc) is 2.86. The molecule has 3 aromatic rings. The standard InChI is InChI=1S/C26H28ClN3O5S/c1-17-6-10-22(11-7-17)36(32,33)30(23-12-9-21(27)14-18(23)2)16-26(31)29-28-19(3)20-8-13-24(34-4)25(15-20)35-5/h6-15H,16H2,1-5H3,(H,29,31)/b28-19-. The van der Waals surface area contributed by atoms with Crippen molar-refractivity contribution >= 4 is 38.9 Å². The van der Waals surface area contributed by atoms with Gasteiger partial charge in [-0.3, -0.25) is 9.10 Å². The highest BCUT2D eigenvalue weighted by molar-refractivity contribution is 7.92. The monoisotopic (exact) mass is 529 g/mol. The highest BCUT2D eigenvalue weighted by Crippen LogP contribution is 2.29. The number of carbonyl (C=O) groups is 1. The highest BCUT2D eigenvalue weighted by atomic mass is 35.5. The number of nitrogens with one attached hydrogen (secondary N) is 1. The molecule has 0 spiro atoms. The van der Waals surface area contributed by atoms with E-state index in [2.05, 4.69) is 10.5 Å². The van der Waals surface area contributed by atoms with Crippen molar-refractivity contribution in [2.45, 2.75) is 25.7 Å². The van der Waals surface area contributed by atoms with Gasteiger partial charge in [0.2, 0.25) is 0 Å².